The third-order valence-electron chi connectivity index (χ3n) is 2.98. The SMILES string of the molecule is Cc1ccnc2c1nc(N)n2CCn1cccn1. The zero-order valence-corrected chi connectivity index (χ0v) is 10.1. The molecule has 6 nitrogen and oxygen atoms in total. The molecule has 0 saturated carbocycles. The lowest BCUT2D eigenvalue weighted by molar-refractivity contribution is 0.543. The lowest BCUT2D eigenvalue weighted by Gasteiger charge is -2.05. The minimum Gasteiger partial charge on any atom is -0.369 e. The summed E-state index contributed by atoms with van der Waals surface area (Å²) in [6.45, 7) is 3.47. The molecule has 0 aliphatic carbocycles. The highest BCUT2D eigenvalue weighted by Gasteiger charge is 2.10. The summed E-state index contributed by atoms with van der Waals surface area (Å²) >= 11 is 0. The highest BCUT2D eigenvalue weighted by molar-refractivity contribution is 5.77. The van der Waals surface area contributed by atoms with Crippen LogP contribution in [0.2, 0.25) is 0 Å². The van der Waals surface area contributed by atoms with E-state index in [1.165, 1.54) is 0 Å². The molecule has 0 fully saturated rings. The van der Waals surface area contributed by atoms with E-state index in [9.17, 15) is 0 Å². The maximum absolute atomic E-state index is 5.94. The molecule has 0 saturated heterocycles. The van der Waals surface area contributed by atoms with Crippen molar-refractivity contribution < 1.29 is 0 Å². The molecule has 0 bridgehead atoms. The Balaban J connectivity index is 1.96. The first-order chi connectivity index (χ1) is 8.75. The number of hydrogen-bond donors (Lipinski definition) is 1. The molecule has 3 heterocycles. The highest BCUT2D eigenvalue weighted by Crippen LogP contribution is 2.18. The zero-order valence-electron chi connectivity index (χ0n) is 10.1. The molecule has 3 aromatic rings. The number of aryl methyl sites for hydroxylation is 3. The summed E-state index contributed by atoms with van der Waals surface area (Å²) in [6.07, 6.45) is 5.47. The van der Waals surface area contributed by atoms with E-state index in [4.69, 9.17) is 5.73 Å². The van der Waals surface area contributed by atoms with Crippen LogP contribution in [-0.4, -0.2) is 24.3 Å². The summed E-state index contributed by atoms with van der Waals surface area (Å²) in [7, 11) is 0. The maximum Gasteiger partial charge on any atom is 0.202 e. The second kappa shape index (κ2) is 4.14. The predicted molar refractivity (Wildman–Crippen MR) is 68.9 cm³/mol. The molecule has 0 aliphatic heterocycles. The molecule has 2 N–H and O–H groups in total. The molecular formula is C12H14N6. The third-order valence-corrected chi connectivity index (χ3v) is 2.98. The number of rotatable bonds is 3. The average Bonchev–Trinajstić information content (AvgIpc) is 2.95. The Labute approximate surface area is 104 Å². The average molecular weight is 242 g/mol. The first-order valence-electron chi connectivity index (χ1n) is 5.80. The number of aromatic nitrogens is 5. The lowest BCUT2D eigenvalue weighted by Crippen LogP contribution is -2.10. The fourth-order valence-corrected chi connectivity index (χ4v) is 2.01. The van der Waals surface area contributed by atoms with Gasteiger partial charge in [0.05, 0.1) is 6.54 Å². The molecule has 92 valence electrons. The Hall–Kier alpha value is -2.37. The van der Waals surface area contributed by atoms with Crippen LogP contribution in [0.15, 0.2) is 30.7 Å². The number of hydrogen-bond acceptors (Lipinski definition) is 4. The number of nitrogens with two attached hydrogens (primary N) is 1. The van der Waals surface area contributed by atoms with Crippen molar-refractivity contribution in [2.24, 2.45) is 0 Å². The molecule has 6 heteroatoms. The molecule has 0 unspecified atom stereocenters. The van der Waals surface area contributed by atoms with Crippen molar-refractivity contribution in [3.8, 4) is 0 Å². The van der Waals surface area contributed by atoms with E-state index >= 15 is 0 Å². The number of fused-ring (bicyclic) bond motifs is 1. The fourth-order valence-electron chi connectivity index (χ4n) is 2.01. The molecule has 3 rings (SSSR count). The molecule has 0 spiro atoms. The number of imidazole rings is 1. The van der Waals surface area contributed by atoms with Crippen LogP contribution in [0.25, 0.3) is 11.2 Å². The Morgan fingerprint density at radius 3 is 2.94 bits per heavy atom. The Morgan fingerprint density at radius 2 is 2.17 bits per heavy atom. The van der Waals surface area contributed by atoms with E-state index in [1.54, 1.807) is 12.4 Å². The van der Waals surface area contributed by atoms with E-state index in [2.05, 4.69) is 15.1 Å². The van der Waals surface area contributed by atoms with Crippen LogP contribution in [0.3, 0.4) is 0 Å². The summed E-state index contributed by atoms with van der Waals surface area (Å²) in [5.41, 5.74) is 8.74. The lowest BCUT2D eigenvalue weighted by atomic mass is 10.3. The number of pyridine rings is 1. The second-order valence-corrected chi connectivity index (χ2v) is 4.19. The van der Waals surface area contributed by atoms with Crippen molar-refractivity contribution in [3.05, 3.63) is 36.3 Å². The van der Waals surface area contributed by atoms with Gasteiger partial charge in [-0.3, -0.25) is 9.25 Å². The Bertz CT molecular complexity index is 667. The minimum absolute atomic E-state index is 0.499. The topological polar surface area (TPSA) is 74.5 Å². The maximum atomic E-state index is 5.94. The van der Waals surface area contributed by atoms with Gasteiger partial charge >= 0.3 is 0 Å². The second-order valence-electron chi connectivity index (χ2n) is 4.19. The summed E-state index contributed by atoms with van der Waals surface area (Å²) in [5, 5.41) is 4.16. The Kier molecular flexibility index (Phi) is 2.47. The van der Waals surface area contributed by atoms with Gasteiger partial charge in [-0.25, -0.2) is 9.97 Å². The highest BCUT2D eigenvalue weighted by atomic mass is 15.3. The van der Waals surface area contributed by atoms with Crippen LogP contribution in [-0.2, 0) is 13.1 Å². The quantitative estimate of drug-likeness (QED) is 0.749. The van der Waals surface area contributed by atoms with E-state index in [0.717, 1.165) is 23.3 Å². The summed E-state index contributed by atoms with van der Waals surface area (Å²) in [6, 6.07) is 3.84. The van der Waals surface area contributed by atoms with Crippen LogP contribution >= 0.6 is 0 Å². The van der Waals surface area contributed by atoms with Gasteiger partial charge < -0.3 is 5.73 Å². The zero-order chi connectivity index (χ0) is 12.5. The largest absolute Gasteiger partial charge is 0.369 e. The first kappa shape index (κ1) is 10.8. The van der Waals surface area contributed by atoms with Gasteiger partial charge in [0.15, 0.2) is 5.65 Å². The molecule has 0 amide bonds. The van der Waals surface area contributed by atoms with Crippen molar-refractivity contribution in [1.29, 1.82) is 0 Å². The van der Waals surface area contributed by atoms with Crippen LogP contribution in [0.1, 0.15) is 5.56 Å². The molecule has 0 aromatic carbocycles. The third kappa shape index (κ3) is 1.71. The summed E-state index contributed by atoms with van der Waals surface area (Å²) in [4.78, 5) is 8.71. The van der Waals surface area contributed by atoms with Gasteiger partial charge in [0, 0.05) is 25.1 Å². The van der Waals surface area contributed by atoms with Crippen LogP contribution in [0, 0.1) is 6.92 Å². The molecule has 0 aliphatic rings. The smallest absolute Gasteiger partial charge is 0.202 e. The van der Waals surface area contributed by atoms with E-state index in [-0.39, 0.29) is 0 Å². The predicted octanol–water partition coefficient (Wildman–Crippen LogP) is 1.22. The molecule has 0 radical (unpaired) electrons. The van der Waals surface area contributed by atoms with Crippen LogP contribution < -0.4 is 5.73 Å². The monoisotopic (exact) mass is 242 g/mol. The van der Waals surface area contributed by atoms with Gasteiger partial charge in [0.2, 0.25) is 5.95 Å². The molecular weight excluding hydrogens is 228 g/mol. The van der Waals surface area contributed by atoms with Gasteiger partial charge in [-0.15, -0.1) is 0 Å². The van der Waals surface area contributed by atoms with Gasteiger partial charge in [-0.1, -0.05) is 0 Å². The van der Waals surface area contributed by atoms with Crippen molar-refractivity contribution in [1.82, 2.24) is 24.3 Å². The molecule has 3 aromatic heterocycles. The normalized spacial score (nSPS) is 11.2. The van der Waals surface area contributed by atoms with Gasteiger partial charge in [-0.2, -0.15) is 5.10 Å². The van der Waals surface area contributed by atoms with Crippen LogP contribution in [0.4, 0.5) is 5.95 Å². The van der Waals surface area contributed by atoms with Crippen molar-refractivity contribution in [2.75, 3.05) is 5.73 Å². The molecule has 0 atom stereocenters. The van der Waals surface area contributed by atoms with Crippen molar-refractivity contribution in [3.63, 3.8) is 0 Å². The fraction of sp³-hybridized carbons (Fsp3) is 0.250. The van der Waals surface area contributed by atoms with Crippen LogP contribution in [0.5, 0.6) is 0 Å². The Morgan fingerprint density at radius 1 is 1.28 bits per heavy atom. The number of nitrogen functional groups attached to an aromatic ring is 1. The van der Waals surface area contributed by atoms with E-state index in [1.807, 2.05) is 34.5 Å². The van der Waals surface area contributed by atoms with Gasteiger partial charge in [-0.05, 0) is 24.6 Å². The van der Waals surface area contributed by atoms with Crippen molar-refractivity contribution >= 4 is 17.1 Å². The molecule has 18 heavy (non-hydrogen) atoms. The summed E-state index contributed by atoms with van der Waals surface area (Å²) < 4.78 is 3.78. The van der Waals surface area contributed by atoms with Gasteiger partial charge in [0.25, 0.3) is 0 Å². The standard InChI is InChI=1S/C12H14N6/c1-9-3-5-14-11-10(9)16-12(13)18(11)8-7-17-6-2-4-15-17/h2-6H,7-8H2,1H3,(H2,13,16). The van der Waals surface area contributed by atoms with E-state index < -0.39 is 0 Å². The summed E-state index contributed by atoms with van der Waals surface area (Å²) in [5.74, 6) is 0.499. The van der Waals surface area contributed by atoms with E-state index in [0.29, 0.717) is 12.5 Å². The number of nitrogens with zero attached hydrogens (tertiary/aromatic N) is 5. The number of anilines is 1. The van der Waals surface area contributed by atoms with Gasteiger partial charge in [0.1, 0.15) is 5.52 Å². The first-order valence-corrected chi connectivity index (χ1v) is 5.80. The minimum atomic E-state index is 0.499. The van der Waals surface area contributed by atoms with Crippen molar-refractivity contribution in [2.45, 2.75) is 20.0 Å².